The van der Waals surface area contributed by atoms with Crippen LogP contribution in [0.2, 0.25) is 10.0 Å². The average Bonchev–Trinajstić information content (AvgIpc) is 2.77. The summed E-state index contributed by atoms with van der Waals surface area (Å²) in [7, 11) is 0. The van der Waals surface area contributed by atoms with Gasteiger partial charge >= 0.3 is 0 Å². The number of nitrogens with one attached hydrogen (secondary N) is 2. The molecule has 1 aromatic rings. The maximum Gasteiger partial charge on any atom is 0.241 e. The van der Waals surface area contributed by atoms with E-state index in [9.17, 15) is 9.90 Å². The van der Waals surface area contributed by atoms with Crippen molar-refractivity contribution in [1.29, 1.82) is 0 Å². The molecule has 1 aromatic carbocycles. The van der Waals surface area contributed by atoms with Crippen LogP contribution in [0.1, 0.15) is 6.42 Å². The Hall–Kier alpha value is -0.330. The molecule has 0 aromatic heterocycles. The fourth-order valence-corrected chi connectivity index (χ4v) is 2.58. The van der Waals surface area contributed by atoms with Gasteiger partial charge in [0.15, 0.2) is 0 Å². The maximum atomic E-state index is 11.9. The number of hydrogen-bond donors (Lipinski definition) is 3. The Bertz CT molecular complexity index is 484. The summed E-state index contributed by atoms with van der Waals surface area (Å²) in [6.45, 7) is 0.424. The lowest BCUT2D eigenvalue weighted by atomic mass is 10.2. The zero-order valence-corrected chi connectivity index (χ0v) is 12.3. The largest absolute Gasteiger partial charge is 0.392 e. The van der Waals surface area contributed by atoms with Crippen molar-refractivity contribution in [3.63, 3.8) is 0 Å². The third-order valence-corrected chi connectivity index (χ3v) is 4.49. The van der Waals surface area contributed by atoms with E-state index >= 15 is 0 Å². The van der Waals surface area contributed by atoms with Gasteiger partial charge in [0.05, 0.1) is 27.9 Å². The predicted molar refractivity (Wildman–Crippen MR) is 75.2 cm³/mol. The Morgan fingerprint density at radius 1 is 1.44 bits per heavy atom. The topological polar surface area (TPSA) is 61.4 Å². The van der Waals surface area contributed by atoms with Crippen LogP contribution in [0.15, 0.2) is 16.6 Å². The first kappa shape index (κ1) is 14.1. The highest BCUT2D eigenvalue weighted by atomic mass is 79.9. The Morgan fingerprint density at radius 3 is 2.78 bits per heavy atom. The molecule has 2 atom stereocenters. The molecule has 2 unspecified atom stereocenters. The van der Waals surface area contributed by atoms with Gasteiger partial charge in [0.2, 0.25) is 5.91 Å². The number of hydrogen-bond acceptors (Lipinski definition) is 3. The zero-order valence-electron chi connectivity index (χ0n) is 9.21. The standard InChI is InChI=1S/C11H11BrCl2N2O2/c12-6-1-2-7(10(14)9(6)13)16-11(18)8-3-5(17)4-15-8/h1-2,5,8,15,17H,3-4H2,(H,16,18). The molecule has 0 radical (unpaired) electrons. The summed E-state index contributed by atoms with van der Waals surface area (Å²) < 4.78 is 0.668. The number of rotatable bonds is 2. The number of aliphatic hydroxyl groups excluding tert-OH is 1. The summed E-state index contributed by atoms with van der Waals surface area (Å²) >= 11 is 15.2. The van der Waals surface area contributed by atoms with Crippen LogP contribution in [0.25, 0.3) is 0 Å². The smallest absolute Gasteiger partial charge is 0.241 e. The Kier molecular flexibility index (Phi) is 4.50. The molecular weight excluding hydrogens is 343 g/mol. The molecule has 0 saturated carbocycles. The van der Waals surface area contributed by atoms with E-state index in [0.717, 1.165) is 0 Å². The molecule has 4 nitrogen and oxygen atoms in total. The van der Waals surface area contributed by atoms with Crippen LogP contribution < -0.4 is 10.6 Å². The molecule has 18 heavy (non-hydrogen) atoms. The fourth-order valence-electron chi connectivity index (χ4n) is 1.76. The van der Waals surface area contributed by atoms with Crippen molar-refractivity contribution in [1.82, 2.24) is 5.32 Å². The summed E-state index contributed by atoms with van der Waals surface area (Å²) in [5, 5.41) is 15.6. The van der Waals surface area contributed by atoms with E-state index in [1.165, 1.54) is 0 Å². The van der Waals surface area contributed by atoms with E-state index in [1.54, 1.807) is 12.1 Å². The van der Waals surface area contributed by atoms with Gasteiger partial charge < -0.3 is 15.7 Å². The van der Waals surface area contributed by atoms with Crippen LogP contribution in [0.3, 0.4) is 0 Å². The minimum atomic E-state index is -0.482. The molecule has 1 aliphatic rings. The van der Waals surface area contributed by atoms with E-state index < -0.39 is 12.1 Å². The molecule has 0 aliphatic carbocycles. The van der Waals surface area contributed by atoms with Gasteiger partial charge in [-0.25, -0.2) is 0 Å². The molecule has 2 rings (SSSR count). The SMILES string of the molecule is O=C(Nc1ccc(Br)c(Cl)c1Cl)C1CC(O)CN1. The first-order valence-corrected chi connectivity index (χ1v) is 6.89. The highest BCUT2D eigenvalue weighted by Gasteiger charge is 2.28. The number of halogens is 3. The van der Waals surface area contributed by atoms with E-state index in [-0.39, 0.29) is 10.9 Å². The van der Waals surface area contributed by atoms with Crippen molar-refractivity contribution in [3.8, 4) is 0 Å². The van der Waals surface area contributed by atoms with Gasteiger partial charge in [0.1, 0.15) is 0 Å². The minimum absolute atomic E-state index is 0.230. The number of anilines is 1. The first-order chi connectivity index (χ1) is 8.49. The van der Waals surface area contributed by atoms with Crippen LogP contribution >= 0.6 is 39.1 Å². The highest BCUT2D eigenvalue weighted by Crippen LogP contribution is 2.35. The molecule has 1 fully saturated rings. The van der Waals surface area contributed by atoms with Gasteiger partial charge in [0, 0.05) is 11.0 Å². The summed E-state index contributed by atoms with van der Waals surface area (Å²) in [5.41, 5.74) is 0.457. The predicted octanol–water partition coefficient (Wildman–Crippen LogP) is 2.42. The Morgan fingerprint density at radius 2 is 2.17 bits per heavy atom. The third-order valence-electron chi connectivity index (χ3n) is 2.72. The number of carbonyl (C=O) groups excluding carboxylic acids is 1. The molecule has 0 spiro atoms. The Balaban J connectivity index is 2.10. The van der Waals surface area contributed by atoms with Crippen LogP contribution in [0.5, 0.6) is 0 Å². The molecular formula is C11H11BrCl2N2O2. The van der Waals surface area contributed by atoms with Crippen LogP contribution in [0, 0.1) is 0 Å². The number of amides is 1. The van der Waals surface area contributed by atoms with E-state index in [2.05, 4.69) is 26.6 Å². The van der Waals surface area contributed by atoms with E-state index in [0.29, 0.717) is 28.1 Å². The minimum Gasteiger partial charge on any atom is -0.392 e. The molecule has 0 bridgehead atoms. The first-order valence-electron chi connectivity index (χ1n) is 5.35. The summed E-state index contributed by atoms with van der Waals surface area (Å²) in [6, 6.07) is 2.97. The van der Waals surface area contributed by atoms with Crippen molar-refractivity contribution < 1.29 is 9.90 Å². The van der Waals surface area contributed by atoms with Gasteiger partial charge in [-0.1, -0.05) is 23.2 Å². The maximum absolute atomic E-state index is 11.9. The van der Waals surface area contributed by atoms with E-state index in [4.69, 9.17) is 23.2 Å². The summed E-state index contributed by atoms with van der Waals surface area (Å²) in [5.74, 6) is -0.230. The van der Waals surface area contributed by atoms with Crippen molar-refractivity contribution in [2.24, 2.45) is 0 Å². The second kappa shape index (κ2) is 5.75. The zero-order chi connectivity index (χ0) is 13.3. The fraction of sp³-hybridized carbons (Fsp3) is 0.364. The van der Waals surface area contributed by atoms with Crippen molar-refractivity contribution in [2.45, 2.75) is 18.6 Å². The normalized spacial score (nSPS) is 23.1. The lowest BCUT2D eigenvalue weighted by molar-refractivity contribution is -0.117. The van der Waals surface area contributed by atoms with Gasteiger partial charge in [-0.2, -0.15) is 0 Å². The van der Waals surface area contributed by atoms with Crippen LogP contribution in [-0.2, 0) is 4.79 Å². The van der Waals surface area contributed by atoms with Crippen LogP contribution in [0.4, 0.5) is 5.69 Å². The number of benzene rings is 1. The van der Waals surface area contributed by atoms with E-state index in [1.807, 2.05) is 0 Å². The molecule has 1 amide bonds. The quantitative estimate of drug-likeness (QED) is 0.715. The van der Waals surface area contributed by atoms with Gasteiger partial charge in [0.25, 0.3) is 0 Å². The number of carbonyl (C=O) groups is 1. The van der Waals surface area contributed by atoms with Crippen molar-refractivity contribution in [2.75, 3.05) is 11.9 Å². The Labute approximate surface area is 123 Å². The highest BCUT2D eigenvalue weighted by molar-refractivity contribution is 9.10. The lowest BCUT2D eigenvalue weighted by Crippen LogP contribution is -2.35. The molecule has 1 heterocycles. The molecule has 1 aliphatic heterocycles. The number of β-amino-alcohol motifs (C(OH)–C–C–N with tert-alkyl or cyclic N) is 1. The number of aliphatic hydroxyl groups is 1. The molecule has 1 saturated heterocycles. The molecule has 3 N–H and O–H groups in total. The van der Waals surface area contributed by atoms with Gasteiger partial charge in [-0.05, 0) is 34.5 Å². The third kappa shape index (κ3) is 2.97. The lowest BCUT2D eigenvalue weighted by Gasteiger charge is -2.13. The summed E-state index contributed by atoms with van der Waals surface area (Å²) in [4.78, 5) is 11.9. The van der Waals surface area contributed by atoms with Gasteiger partial charge in [-0.15, -0.1) is 0 Å². The van der Waals surface area contributed by atoms with Crippen molar-refractivity contribution in [3.05, 3.63) is 26.7 Å². The average molecular weight is 354 g/mol. The van der Waals surface area contributed by atoms with Gasteiger partial charge in [-0.3, -0.25) is 4.79 Å². The van der Waals surface area contributed by atoms with Crippen LogP contribution in [-0.4, -0.2) is 29.7 Å². The van der Waals surface area contributed by atoms with Crippen molar-refractivity contribution >= 4 is 50.7 Å². The molecule has 7 heteroatoms. The monoisotopic (exact) mass is 352 g/mol. The second-order valence-electron chi connectivity index (χ2n) is 4.06. The molecule has 98 valence electrons. The summed E-state index contributed by atoms with van der Waals surface area (Å²) in [6.07, 6.45) is -0.0852. The second-order valence-corrected chi connectivity index (χ2v) is 5.67.